The van der Waals surface area contributed by atoms with E-state index in [9.17, 15) is 4.79 Å². The summed E-state index contributed by atoms with van der Waals surface area (Å²) in [5.74, 6) is 0.640. The predicted octanol–water partition coefficient (Wildman–Crippen LogP) is 1.78. The summed E-state index contributed by atoms with van der Waals surface area (Å²) in [4.78, 5) is 14.3. The number of nitrogens with one attached hydrogen (secondary N) is 1. The van der Waals surface area contributed by atoms with Crippen molar-refractivity contribution in [2.24, 2.45) is 0 Å². The van der Waals surface area contributed by atoms with Gasteiger partial charge in [-0.3, -0.25) is 4.79 Å². The van der Waals surface area contributed by atoms with Crippen LogP contribution in [0.5, 0.6) is 5.75 Å². The van der Waals surface area contributed by atoms with Gasteiger partial charge in [-0.15, -0.1) is 0 Å². The lowest BCUT2D eigenvalue weighted by Crippen LogP contribution is -2.52. The van der Waals surface area contributed by atoms with E-state index in [1.165, 1.54) is 0 Å². The molecule has 5 heteroatoms. The minimum absolute atomic E-state index is 0.0170. The summed E-state index contributed by atoms with van der Waals surface area (Å²) in [5, 5.41) is 3.69. The van der Waals surface area contributed by atoms with Crippen molar-refractivity contribution < 1.29 is 9.53 Å². The molecule has 0 bridgehead atoms. The highest BCUT2D eigenvalue weighted by atomic mass is 35.5. The Labute approximate surface area is 112 Å². The van der Waals surface area contributed by atoms with Gasteiger partial charge in [-0.2, -0.15) is 0 Å². The molecule has 2 rings (SSSR count). The lowest BCUT2D eigenvalue weighted by atomic mass is 10.1. The minimum atomic E-state index is -0.0170. The van der Waals surface area contributed by atoms with Crippen molar-refractivity contribution in [3.05, 3.63) is 28.8 Å². The first-order valence-electron chi connectivity index (χ1n) is 5.98. The van der Waals surface area contributed by atoms with Crippen molar-refractivity contribution in [2.45, 2.75) is 13.0 Å². The number of benzene rings is 1. The number of carbonyl (C=O) groups is 1. The van der Waals surface area contributed by atoms with Crippen LogP contribution in [-0.2, 0) is 0 Å². The highest BCUT2D eigenvalue weighted by Crippen LogP contribution is 2.24. The Hall–Kier alpha value is -1.26. The molecule has 1 aromatic rings. The Morgan fingerprint density at radius 2 is 2.33 bits per heavy atom. The van der Waals surface area contributed by atoms with Crippen molar-refractivity contribution in [3.8, 4) is 5.75 Å². The second kappa shape index (κ2) is 5.59. The van der Waals surface area contributed by atoms with E-state index in [4.69, 9.17) is 16.3 Å². The standard InChI is InChI=1S/C13H17ClN2O2/c1-9-8-15-5-6-16(9)13(17)11-4-3-10(18-2)7-12(11)14/h3-4,7,9,15H,5-6,8H2,1-2H3. The Morgan fingerprint density at radius 1 is 1.56 bits per heavy atom. The van der Waals surface area contributed by atoms with Crippen LogP contribution in [0.1, 0.15) is 17.3 Å². The third-order valence-corrected chi connectivity index (χ3v) is 3.48. The number of methoxy groups -OCH3 is 1. The highest BCUT2D eigenvalue weighted by molar-refractivity contribution is 6.34. The number of nitrogens with zero attached hydrogens (tertiary/aromatic N) is 1. The molecule has 1 unspecified atom stereocenters. The summed E-state index contributed by atoms with van der Waals surface area (Å²) in [6, 6.07) is 5.33. The maximum atomic E-state index is 12.4. The second-order valence-electron chi connectivity index (χ2n) is 4.40. The van der Waals surface area contributed by atoms with E-state index in [0.29, 0.717) is 22.9 Å². The number of piperazine rings is 1. The van der Waals surface area contributed by atoms with Crippen molar-refractivity contribution in [1.82, 2.24) is 10.2 Å². The first-order valence-corrected chi connectivity index (χ1v) is 6.36. The Morgan fingerprint density at radius 3 is 2.94 bits per heavy atom. The first kappa shape index (κ1) is 13.2. The zero-order valence-corrected chi connectivity index (χ0v) is 11.3. The van der Waals surface area contributed by atoms with Crippen LogP contribution < -0.4 is 10.1 Å². The van der Waals surface area contributed by atoms with Crippen LogP contribution in [0.25, 0.3) is 0 Å². The summed E-state index contributed by atoms with van der Waals surface area (Å²) in [5.41, 5.74) is 0.534. The van der Waals surface area contributed by atoms with E-state index >= 15 is 0 Å². The maximum absolute atomic E-state index is 12.4. The SMILES string of the molecule is COc1ccc(C(=O)N2CCNCC2C)c(Cl)c1. The number of ether oxygens (including phenoxy) is 1. The summed E-state index contributed by atoms with van der Waals surface area (Å²) in [6.07, 6.45) is 0. The van der Waals surface area contributed by atoms with E-state index in [2.05, 4.69) is 5.32 Å². The third kappa shape index (κ3) is 2.60. The maximum Gasteiger partial charge on any atom is 0.255 e. The number of hydrogen-bond acceptors (Lipinski definition) is 3. The average Bonchev–Trinajstić information content (AvgIpc) is 2.38. The molecule has 18 heavy (non-hydrogen) atoms. The first-order chi connectivity index (χ1) is 8.63. The van der Waals surface area contributed by atoms with Crippen LogP contribution >= 0.6 is 11.6 Å². The number of hydrogen-bond donors (Lipinski definition) is 1. The average molecular weight is 269 g/mol. The van der Waals surface area contributed by atoms with Gasteiger partial charge in [0.25, 0.3) is 5.91 Å². The van der Waals surface area contributed by atoms with Gasteiger partial charge in [-0.1, -0.05) is 11.6 Å². The molecule has 1 aromatic carbocycles. The van der Waals surface area contributed by atoms with Crippen molar-refractivity contribution in [2.75, 3.05) is 26.7 Å². The molecule has 0 spiro atoms. The summed E-state index contributed by atoms with van der Waals surface area (Å²) in [6.45, 7) is 4.38. The fourth-order valence-electron chi connectivity index (χ4n) is 2.09. The molecule has 0 aromatic heterocycles. The molecule has 1 N–H and O–H groups in total. The molecular formula is C13H17ClN2O2. The molecule has 1 fully saturated rings. The van der Waals surface area contributed by atoms with Gasteiger partial charge in [0, 0.05) is 25.7 Å². The molecule has 0 saturated carbocycles. The van der Waals surface area contributed by atoms with E-state index in [1.807, 2.05) is 11.8 Å². The topological polar surface area (TPSA) is 41.6 Å². The molecule has 4 nitrogen and oxygen atoms in total. The molecule has 1 atom stereocenters. The molecule has 0 aliphatic carbocycles. The van der Waals surface area contributed by atoms with Crippen LogP contribution in [0.4, 0.5) is 0 Å². The lowest BCUT2D eigenvalue weighted by molar-refractivity contribution is 0.0656. The van der Waals surface area contributed by atoms with Crippen LogP contribution in [0, 0.1) is 0 Å². The van der Waals surface area contributed by atoms with Gasteiger partial charge >= 0.3 is 0 Å². The third-order valence-electron chi connectivity index (χ3n) is 3.17. The van der Waals surface area contributed by atoms with Crippen LogP contribution in [0.15, 0.2) is 18.2 Å². The molecule has 1 amide bonds. The zero-order valence-electron chi connectivity index (χ0n) is 10.6. The second-order valence-corrected chi connectivity index (χ2v) is 4.80. The summed E-state index contributed by atoms with van der Waals surface area (Å²) < 4.78 is 5.08. The van der Waals surface area contributed by atoms with E-state index in [1.54, 1.807) is 25.3 Å². The van der Waals surface area contributed by atoms with Gasteiger partial charge in [-0.05, 0) is 25.1 Å². The number of amides is 1. The number of carbonyl (C=O) groups excluding carboxylic acids is 1. The van der Waals surface area contributed by atoms with Crippen LogP contribution in [0.2, 0.25) is 5.02 Å². The minimum Gasteiger partial charge on any atom is -0.497 e. The van der Waals surface area contributed by atoms with Gasteiger partial charge < -0.3 is 15.0 Å². The van der Waals surface area contributed by atoms with Gasteiger partial charge in [0.15, 0.2) is 0 Å². The molecule has 1 saturated heterocycles. The van der Waals surface area contributed by atoms with E-state index in [-0.39, 0.29) is 11.9 Å². The predicted molar refractivity (Wildman–Crippen MR) is 71.4 cm³/mol. The quantitative estimate of drug-likeness (QED) is 0.889. The summed E-state index contributed by atoms with van der Waals surface area (Å²) in [7, 11) is 1.57. The number of rotatable bonds is 2. The fourth-order valence-corrected chi connectivity index (χ4v) is 2.35. The zero-order chi connectivity index (χ0) is 13.1. The van der Waals surface area contributed by atoms with E-state index < -0.39 is 0 Å². The molecule has 1 aliphatic heterocycles. The fraction of sp³-hybridized carbons (Fsp3) is 0.462. The largest absolute Gasteiger partial charge is 0.497 e. The Bertz CT molecular complexity index is 451. The van der Waals surface area contributed by atoms with Crippen LogP contribution in [-0.4, -0.2) is 43.6 Å². The molecule has 0 radical (unpaired) electrons. The smallest absolute Gasteiger partial charge is 0.255 e. The lowest BCUT2D eigenvalue weighted by Gasteiger charge is -2.34. The van der Waals surface area contributed by atoms with Gasteiger partial charge in [-0.25, -0.2) is 0 Å². The van der Waals surface area contributed by atoms with Crippen molar-refractivity contribution in [1.29, 1.82) is 0 Å². The number of halogens is 1. The monoisotopic (exact) mass is 268 g/mol. The van der Waals surface area contributed by atoms with Crippen molar-refractivity contribution in [3.63, 3.8) is 0 Å². The van der Waals surface area contributed by atoms with Gasteiger partial charge in [0.2, 0.25) is 0 Å². The summed E-state index contributed by atoms with van der Waals surface area (Å²) >= 11 is 6.13. The molecule has 1 aliphatic rings. The highest BCUT2D eigenvalue weighted by Gasteiger charge is 2.25. The molecule has 98 valence electrons. The van der Waals surface area contributed by atoms with Gasteiger partial charge in [0.05, 0.1) is 17.7 Å². The molecule has 1 heterocycles. The Balaban J connectivity index is 2.22. The van der Waals surface area contributed by atoms with E-state index in [0.717, 1.165) is 13.1 Å². The normalized spacial score (nSPS) is 19.7. The molecular weight excluding hydrogens is 252 g/mol. The van der Waals surface area contributed by atoms with Crippen LogP contribution in [0.3, 0.4) is 0 Å². The van der Waals surface area contributed by atoms with Gasteiger partial charge in [0.1, 0.15) is 5.75 Å². The Kier molecular flexibility index (Phi) is 4.09. The van der Waals surface area contributed by atoms with Crippen molar-refractivity contribution >= 4 is 17.5 Å².